The lowest BCUT2D eigenvalue weighted by Gasteiger charge is -2.29. The Bertz CT molecular complexity index is 222. The predicted molar refractivity (Wildman–Crippen MR) is 60.8 cm³/mol. The molecule has 0 bridgehead atoms. The Hall–Kier alpha value is -0.730. The van der Waals surface area contributed by atoms with Gasteiger partial charge in [0.1, 0.15) is 0 Å². The molecule has 2 aliphatic rings. The predicted octanol–water partition coefficient (Wildman–Crippen LogP) is 2.47. The molecule has 0 saturated carbocycles. The minimum absolute atomic E-state index is 0.293. The lowest BCUT2D eigenvalue weighted by Crippen LogP contribution is -2.45. The van der Waals surface area contributed by atoms with E-state index in [2.05, 4.69) is 16.7 Å². The van der Waals surface area contributed by atoms with E-state index in [-0.39, 0.29) is 0 Å². The topological polar surface area (TPSA) is 23.6 Å². The number of likely N-dealkylation sites (tertiary alicyclic amines) is 2. The van der Waals surface area contributed by atoms with Crippen LogP contribution in [0.5, 0.6) is 0 Å². The summed E-state index contributed by atoms with van der Waals surface area (Å²) in [7, 11) is 0. The monoisotopic (exact) mass is 210 g/mol. The second-order valence-corrected chi connectivity index (χ2v) is 4.87. The summed E-state index contributed by atoms with van der Waals surface area (Å²) in [6, 6.07) is 0.752. The van der Waals surface area contributed by atoms with Gasteiger partial charge >= 0.3 is 6.03 Å². The first-order chi connectivity index (χ1) is 7.29. The third-order valence-corrected chi connectivity index (χ3v) is 3.68. The van der Waals surface area contributed by atoms with Crippen LogP contribution in [0, 0.1) is 0 Å². The summed E-state index contributed by atoms with van der Waals surface area (Å²) in [6.07, 6.45) is 7.32. The molecule has 0 aromatic heterocycles. The zero-order chi connectivity index (χ0) is 10.7. The molecule has 2 aliphatic heterocycles. The lowest BCUT2D eigenvalue weighted by molar-refractivity contribution is 0.152. The molecule has 86 valence electrons. The minimum Gasteiger partial charge on any atom is -0.325 e. The number of rotatable bonds is 0. The second-order valence-electron chi connectivity index (χ2n) is 4.87. The van der Waals surface area contributed by atoms with Crippen LogP contribution in [0.3, 0.4) is 0 Å². The van der Waals surface area contributed by atoms with Crippen LogP contribution in [0.2, 0.25) is 0 Å². The molecule has 2 saturated heterocycles. The SMILES string of the molecule is CC1CCCN1C(=O)N1CCCCCC1. The number of urea groups is 1. The molecule has 15 heavy (non-hydrogen) atoms. The summed E-state index contributed by atoms with van der Waals surface area (Å²) >= 11 is 0. The summed E-state index contributed by atoms with van der Waals surface area (Å²) in [5, 5.41) is 0. The molecule has 2 fully saturated rings. The van der Waals surface area contributed by atoms with Crippen LogP contribution in [0.25, 0.3) is 0 Å². The highest BCUT2D eigenvalue weighted by Crippen LogP contribution is 2.20. The van der Waals surface area contributed by atoms with Gasteiger partial charge in [0.25, 0.3) is 0 Å². The molecule has 0 N–H and O–H groups in total. The molecule has 2 rings (SSSR count). The van der Waals surface area contributed by atoms with Crippen molar-refractivity contribution < 1.29 is 4.79 Å². The van der Waals surface area contributed by atoms with Crippen LogP contribution in [0.1, 0.15) is 45.4 Å². The molecular formula is C12H22N2O. The number of hydrogen-bond acceptors (Lipinski definition) is 1. The average molecular weight is 210 g/mol. The number of amides is 2. The van der Waals surface area contributed by atoms with E-state index in [1.54, 1.807) is 0 Å². The Balaban J connectivity index is 1.93. The van der Waals surface area contributed by atoms with Crippen LogP contribution in [0.4, 0.5) is 4.79 Å². The van der Waals surface area contributed by atoms with Crippen LogP contribution in [0.15, 0.2) is 0 Å². The number of carbonyl (C=O) groups is 1. The maximum absolute atomic E-state index is 12.2. The third kappa shape index (κ3) is 2.44. The molecule has 0 radical (unpaired) electrons. The first-order valence-electron chi connectivity index (χ1n) is 6.34. The maximum atomic E-state index is 12.2. The largest absolute Gasteiger partial charge is 0.325 e. The summed E-state index contributed by atoms with van der Waals surface area (Å²) in [6.45, 7) is 5.09. The van der Waals surface area contributed by atoms with Crippen LogP contribution in [-0.4, -0.2) is 41.5 Å². The summed E-state index contributed by atoms with van der Waals surface area (Å²) < 4.78 is 0. The Kier molecular flexibility index (Phi) is 3.49. The van der Waals surface area contributed by atoms with Gasteiger partial charge in [-0.1, -0.05) is 12.8 Å². The van der Waals surface area contributed by atoms with Crippen molar-refractivity contribution in [1.82, 2.24) is 9.80 Å². The molecule has 0 aromatic rings. The Morgan fingerprint density at radius 2 is 1.67 bits per heavy atom. The van der Waals surface area contributed by atoms with Crippen molar-refractivity contribution in [2.45, 2.75) is 51.5 Å². The minimum atomic E-state index is 0.293. The van der Waals surface area contributed by atoms with E-state index < -0.39 is 0 Å². The molecule has 2 amide bonds. The quantitative estimate of drug-likeness (QED) is 0.602. The van der Waals surface area contributed by atoms with Crippen molar-refractivity contribution in [3.8, 4) is 0 Å². The first-order valence-corrected chi connectivity index (χ1v) is 6.34. The molecular weight excluding hydrogens is 188 g/mol. The van der Waals surface area contributed by atoms with Crippen molar-refractivity contribution in [3.05, 3.63) is 0 Å². The molecule has 0 spiro atoms. The van der Waals surface area contributed by atoms with Crippen LogP contribution in [-0.2, 0) is 0 Å². The van der Waals surface area contributed by atoms with Crippen LogP contribution < -0.4 is 0 Å². The van der Waals surface area contributed by atoms with Gasteiger partial charge in [0.2, 0.25) is 0 Å². The van der Waals surface area contributed by atoms with Crippen molar-refractivity contribution >= 4 is 6.03 Å². The maximum Gasteiger partial charge on any atom is 0.320 e. The van der Waals surface area contributed by atoms with Crippen molar-refractivity contribution in [2.24, 2.45) is 0 Å². The zero-order valence-electron chi connectivity index (χ0n) is 9.74. The second kappa shape index (κ2) is 4.86. The van der Waals surface area contributed by atoms with Gasteiger partial charge in [-0.3, -0.25) is 0 Å². The first kappa shape index (κ1) is 10.8. The van der Waals surface area contributed by atoms with Gasteiger partial charge in [0.15, 0.2) is 0 Å². The molecule has 3 heteroatoms. The lowest BCUT2D eigenvalue weighted by atomic mass is 10.2. The van der Waals surface area contributed by atoms with Gasteiger partial charge in [-0.05, 0) is 32.6 Å². The van der Waals surface area contributed by atoms with Gasteiger partial charge in [-0.15, -0.1) is 0 Å². The smallest absolute Gasteiger partial charge is 0.320 e. The molecule has 3 nitrogen and oxygen atoms in total. The van der Waals surface area contributed by atoms with Gasteiger partial charge in [-0.2, -0.15) is 0 Å². The van der Waals surface area contributed by atoms with Gasteiger partial charge in [0.05, 0.1) is 0 Å². The fourth-order valence-corrected chi connectivity index (χ4v) is 2.66. The van der Waals surface area contributed by atoms with E-state index in [4.69, 9.17) is 0 Å². The Morgan fingerprint density at radius 3 is 2.20 bits per heavy atom. The summed E-state index contributed by atoms with van der Waals surface area (Å²) in [5.74, 6) is 0. The van der Waals surface area contributed by atoms with E-state index >= 15 is 0 Å². The summed E-state index contributed by atoms with van der Waals surface area (Å²) in [4.78, 5) is 16.3. The fourth-order valence-electron chi connectivity index (χ4n) is 2.66. The van der Waals surface area contributed by atoms with E-state index in [0.29, 0.717) is 12.1 Å². The Morgan fingerprint density at radius 1 is 1.00 bits per heavy atom. The van der Waals surface area contributed by atoms with Crippen molar-refractivity contribution in [3.63, 3.8) is 0 Å². The van der Waals surface area contributed by atoms with Crippen LogP contribution >= 0.6 is 0 Å². The third-order valence-electron chi connectivity index (χ3n) is 3.68. The van der Waals surface area contributed by atoms with Gasteiger partial charge < -0.3 is 9.80 Å². The highest BCUT2D eigenvalue weighted by Gasteiger charge is 2.28. The number of hydrogen-bond donors (Lipinski definition) is 0. The van der Waals surface area contributed by atoms with Gasteiger partial charge in [0, 0.05) is 25.7 Å². The zero-order valence-corrected chi connectivity index (χ0v) is 9.74. The normalized spacial score (nSPS) is 27.9. The Labute approximate surface area is 92.4 Å². The highest BCUT2D eigenvalue weighted by atomic mass is 16.2. The van der Waals surface area contributed by atoms with E-state index in [9.17, 15) is 4.79 Å². The molecule has 0 aromatic carbocycles. The van der Waals surface area contributed by atoms with E-state index in [0.717, 1.165) is 19.6 Å². The van der Waals surface area contributed by atoms with Crippen molar-refractivity contribution in [1.29, 1.82) is 0 Å². The number of carbonyl (C=O) groups excluding carboxylic acids is 1. The molecule has 0 aliphatic carbocycles. The standard InChI is InChI=1S/C12H22N2O/c1-11-7-6-10-14(11)12(15)13-8-4-2-3-5-9-13/h11H,2-10H2,1H3. The summed E-state index contributed by atoms with van der Waals surface area (Å²) in [5.41, 5.74) is 0. The van der Waals surface area contributed by atoms with Gasteiger partial charge in [-0.25, -0.2) is 4.79 Å². The molecule has 1 atom stereocenters. The van der Waals surface area contributed by atoms with E-state index in [1.807, 2.05) is 0 Å². The molecule has 2 heterocycles. The molecule has 1 unspecified atom stereocenters. The fraction of sp³-hybridized carbons (Fsp3) is 0.917. The average Bonchev–Trinajstić information content (AvgIpc) is 2.53. The van der Waals surface area contributed by atoms with E-state index in [1.165, 1.54) is 38.5 Å². The number of nitrogens with zero attached hydrogens (tertiary/aromatic N) is 2. The highest BCUT2D eigenvalue weighted by molar-refractivity contribution is 5.75. The van der Waals surface area contributed by atoms with Crippen molar-refractivity contribution in [2.75, 3.05) is 19.6 Å².